The third kappa shape index (κ3) is 4.69. The zero-order valence-electron chi connectivity index (χ0n) is 18.8. The van der Waals surface area contributed by atoms with Crippen LogP contribution in [-0.2, 0) is 24.2 Å². The lowest BCUT2D eigenvalue weighted by molar-refractivity contribution is -0.128. The lowest BCUT2D eigenvalue weighted by Gasteiger charge is -2.24. The van der Waals surface area contributed by atoms with Crippen molar-refractivity contribution in [3.63, 3.8) is 0 Å². The van der Waals surface area contributed by atoms with Crippen LogP contribution in [0.25, 0.3) is 0 Å². The second-order valence-electron chi connectivity index (χ2n) is 8.87. The van der Waals surface area contributed by atoms with Crippen molar-refractivity contribution in [1.29, 1.82) is 0 Å². The summed E-state index contributed by atoms with van der Waals surface area (Å²) < 4.78 is 0. The van der Waals surface area contributed by atoms with Gasteiger partial charge in [-0.05, 0) is 66.1 Å². The van der Waals surface area contributed by atoms with Crippen LogP contribution in [0, 0.1) is 0 Å². The summed E-state index contributed by atoms with van der Waals surface area (Å²) in [5, 5.41) is 3.10. The lowest BCUT2D eigenvalue weighted by atomic mass is 10.0. The van der Waals surface area contributed by atoms with Gasteiger partial charge in [0.25, 0.3) is 5.91 Å². The van der Waals surface area contributed by atoms with Crippen LogP contribution < -0.4 is 5.32 Å². The van der Waals surface area contributed by atoms with E-state index in [0.29, 0.717) is 17.9 Å². The molecule has 5 rings (SSSR count). The average Bonchev–Trinajstić information content (AvgIpc) is 3.46. The summed E-state index contributed by atoms with van der Waals surface area (Å²) >= 11 is 1.64. The smallest absolute Gasteiger partial charge is 0.251 e. The van der Waals surface area contributed by atoms with E-state index in [-0.39, 0.29) is 23.2 Å². The molecule has 168 valence electrons. The summed E-state index contributed by atoms with van der Waals surface area (Å²) in [4.78, 5) is 27.3. The predicted molar refractivity (Wildman–Crippen MR) is 133 cm³/mol. The quantitative estimate of drug-likeness (QED) is 0.537. The number of nitrogens with zero attached hydrogens (tertiary/aromatic N) is 1. The van der Waals surface area contributed by atoms with Crippen LogP contribution in [-0.4, -0.2) is 22.5 Å². The summed E-state index contributed by atoms with van der Waals surface area (Å²) in [7, 11) is 0. The van der Waals surface area contributed by atoms with E-state index in [9.17, 15) is 9.59 Å². The van der Waals surface area contributed by atoms with Gasteiger partial charge in [0.1, 0.15) is 5.37 Å². The van der Waals surface area contributed by atoms with Crippen molar-refractivity contribution < 1.29 is 9.59 Å². The minimum atomic E-state index is -0.0779. The molecule has 0 spiro atoms. The molecule has 2 atom stereocenters. The van der Waals surface area contributed by atoms with Crippen LogP contribution in [0.2, 0.25) is 0 Å². The van der Waals surface area contributed by atoms with E-state index < -0.39 is 0 Å². The molecule has 0 saturated carbocycles. The molecule has 0 aromatic heterocycles. The van der Waals surface area contributed by atoms with Gasteiger partial charge in [0, 0.05) is 12.1 Å². The third-order valence-electron chi connectivity index (χ3n) is 6.59. The van der Waals surface area contributed by atoms with Crippen molar-refractivity contribution in [2.75, 3.05) is 5.75 Å². The maximum atomic E-state index is 12.9. The number of hydrogen-bond acceptors (Lipinski definition) is 3. The Hall–Kier alpha value is -3.05. The van der Waals surface area contributed by atoms with Gasteiger partial charge < -0.3 is 10.2 Å². The molecule has 33 heavy (non-hydrogen) atoms. The number of nitrogens with one attached hydrogen (secondary N) is 1. The molecule has 1 N–H and O–H groups in total. The summed E-state index contributed by atoms with van der Waals surface area (Å²) in [6, 6.07) is 24.3. The Kier molecular flexibility index (Phi) is 6.23. The Labute approximate surface area is 199 Å². The van der Waals surface area contributed by atoms with Crippen molar-refractivity contribution in [3.05, 3.63) is 106 Å². The molecule has 2 aliphatic rings. The zero-order chi connectivity index (χ0) is 22.8. The first-order chi connectivity index (χ1) is 16.1. The molecule has 0 bridgehead atoms. The number of thioether (sulfide) groups is 1. The van der Waals surface area contributed by atoms with Gasteiger partial charge in [0.05, 0.1) is 11.8 Å². The van der Waals surface area contributed by atoms with E-state index in [1.54, 1.807) is 11.8 Å². The Morgan fingerprint density at radius 1 is 1.03 bits per heavy atom. The van der Waals surface area contributed by atoms with Crippen molar-refractivity contribution >= 4 is 23.6 Å². The van der Waals surface area contributed by atoms with Gasteiger partial charge in [-0.25, -0.2) is 0 Å². The molecule has 1 heterocycles. The zero-order valence-corrected chi connectivity index (χ0v) is 19.6. The van der Waals surface area contributed by atoms with E-state index in [1.807, 2.05) is 66.4 Å². The number of benzene rings is 3. The molecular formula is C28H28N2O2S. The van der Waals surface area contributed by atoms with Crippen LogP contribution in [0.5, 0.6) is 0 Å². The minimum Gasteiger partial charge on any atom is -0.346 e. The van der Waals surface area contributed by atoms with E-state index >= 15 is 0 Å². The second kappa shape index (κ2) is 9.44. The van der Waals surface area contributed by atoms with E-state index in [1.165, 1.54) is 17.5 Å². The first-order valence-corrected chi connectivity index (χ1v) is 12.6. The monoisotopic (exact) mass is 456 g/mol. The predicted octanol–water partition coefficient (Wildman–Crippen LogP) is 5.44. The minimum absolute atomic E-state index is 0.0276. The first kappa shape index (κ1) is 21.8. The lowest BCUT2D eigenvalue weighted by Crippen LogP contribution is -2.28. The topological polar surface area (TPSA) is 49.4 Å². The fourth-order valence-electron chi connectivity index (χ4n) is 4.70. The summed E-state index contributed by atoms with van der Waals surface area (Å²) in [6.07, 6.45) is 3.52. The summed E-state index contributed by atoms with van der Waals surface area (Å²) in [5.41, 5.74) is 6.81. The van der Waals surface area contributed by atoms with Crippen LogP contribution in [0.3, 0.4) is 0 Å². The fourth-order valence-corrected chi connectivity index (χ4v) is 5.89. The van der Waals surface area contributed by atoms with Crippen LogP contribution in [0.1, 0.15) is 62.9 Å². The maximum Gasteiger partial charge on any atom is 0.251 e. The molecule has 1 saturated heterocycles. The highest BCUT2D eigenvalue weighted by Crippen LogP contribution is 2.39. The molecule has 4 nitrogen and oxygen atoms in total. The second-order valence-corrected chi connectivity index (χ2v) is 9.94. The van der Waals surface area contributed by atoms with E-state index in [2.05, 4.69) is 23.5 Å². The van der Waals surface area contributed by atoms with Gasteiger partial charge in [-0.2, -0.15) is 0 Å². The molecule has 2 amide bonds. The Balaban J connectivity index is 1.26. The maximum absolute atomic E-state index is 12.9. The molecule has 0 radical (unpaired) electrons. The molecule has 1 aliphatic heterocycles. The molecular weight excluding hydrogens is 428 g/mol. The molecule has 3 aromatic carbocycles. The first-order valence-electron chi connectivity index (χ1n) is 11.6. The largest absolute Gasteiger partial charge is 0.346 e. The third-order valence-corrected chi connectivity index (χ3v) is 7.85. The standard InChI is InChI=1S/C28H28N2O2S/c1-19(24-15-10-21-8-5-9-25(21)16-24)29-27(32)22-11-13-23(14-12-22)28-30(26(31)18-33-28)17-20-6-3-2-4-7-20/h2-4,6-7,10-16,19,28H,5,8-9,17-18H2,1H3,(H,29,32)/t19-,28+/m0/s1. The molecule has 5 heteroatoms. The normalized spacial score (nSPS) is 18.3. The number of aryl methyl sites for hydroxylation is 2. The molecule has 1 aliphatic carbocycles. The highest BCUT2D eigenvalue weighted by atomic mass is 32.2. The van der Waals surface area contributed by atoms with Crippen LogP contribution in [0.15, 0.2) is 72.8 Å². The number of amides is 2. The SMILES string of the molecule is C[C@H](NC(=O)c1ccc([C@H]2SCC(=O)N2Cc2ccccc2)cc1)c1ccc2c(c1)CCC2. The summed E-state index contributed by atoms with van der Waals surface area (Å²) in [5.74, 6) is 0.558. The van der Waals surface area contributed by atoms with E-state index in [0.717, 1.165) is 29.5 Å². The average molecular weight is 457 g/mol. The van der Waals surface area contributed by atoms with Crippen molar-refractivity contribution in [3.8, 4) is 0 Å². The van der Waals surface area contributed by atoms with Gasteiger partial charge in [-0.15, -0.1) is 11.8 Å². The number of carbonyl (C=O) groups excluding carboxylic acids is 2. The van der Waals surface area contributed by atoms with Crippen molar-refractivity contribution in [2.24, 2.45) is 0 Å². The molecule has 3 aromatic rings. The van der Waals surface area contributed by atoms with Gasteiger partial charge in [-0.3, -0.25) is 9.59 Å². The Bertz CT molecular complexity index is 1160. The number of fused-ring (bicyclic) bond motifs is 1. The fraction of sp³-hybridized carbons (Fsp3) is 0.286. The highest BCUT2D eigenvalue weighted by Gasteiger charge is 2.32. The van der Waals surface area contributed by atoms with Crippen LogP contribution >= 0.6 is 11.8 Å². The number of hydrogen-bond donors (Lipinski definition) is 1. The van der Waals surface area contributed by atoms with Crippen molar-refractivity contribution in [1.82, 2.24) is 10.2 Å². The molecule has 0 unspecified atom stereocenters. The highest BCUT2D eigenvalue weighted by molar-refractivity contribution is 8.00. The van der Waals surface area contributed by atoms with Gasteiger partial charge >= 0.3 is 0 Å². The van der Waals surface area contributed by atoms with E-state index in [4.69, 9.17) is 0 Å². The van der Waals surface area contributed by atoms with Gasteiger partial charge in [-0.1, -0.05) is 60.7 Å². The number of carbonyl (C=O) groups is 2. The van der Waals surface area contributed by atoms with Gasteiger partial charge in [0.15, 0.2) is 0 Å². The summed E-state index contributed by atoms with van der Waals surface area (Å²) in [6.45, 7) is 2.63. The molecule has 1 fully saturated rings. The van der Waals surface area contributed by atoms with Crippen LogP contribution in [0.4, 0.5) is 0 Å². The Morgan fingerprint density at radius 3 is 2.58 bits per heavy atom. The van der Waals surface area contributed by atoms with Gasteiger partial charge in [0.2, 0.25) is 5.91 Å². The number of rotatable bonds is 6. The Morgan fingerprint density at radius 2 is 1.79 bits per heavy atom. The van der Waals surface area contributed by atoms with Crippen molar-refractivity contribution in [2.45, 2.75) is 44.1 Å².